The number of ketones is 1. The number of nitrogens with zero attached hydrogens (tertiary/aromatic N) is 1. The van der Waals surface area contributed by atoms with Crippen LogP contribution in [0.15, 0.2) is 16.2 Å². The van der Waals surface area contributed by atoms with Crippen molar-refractivity contribution in [2.75, 3.05) is 0 Å². The molecule has 0 fully saturated rings. The Labute approximate surface area is 107 Å². The second-order valence-corrected chi connectivity index (χ2v) is 4.41. The van der Waals surface area contributed by atoms with E-state index >= 15 is 0 Å². The third-order valence-electron chi connectivity index (χ3n) is 2.99. The van der Waals surface area contributed by atoms with Crippen molar-refractivity contribution in [1.82, 2.24) is 5.16 Å². The van der Waals surface area contributed by atoms with Gasteiger partial charge in [-0.2, -0.15) is 13.2 Å². The monoisotopic (exact) mass is 270 g/mol. The van der Waals surface area contributed by atoms with Gasteiger partial charge >= 0.3 is 6.18 Å². The van der Waals surface area contributed by atoms with Crippen LogP contribution in [0.25, 0.3) is 5.57 Å². The van der Waals surface area contributed by atoms with E-state index in [9.17, 15) is 18.0 Å². The molecule has 0 saturated heterocycles. The van der Waals surface area contributed by atoms with Gasteiger partial charge in [0, 0.05) is 11.6 Å². The number of allylic oxidation sites excluding steroid dienone is 4. The number of hydrogen-bond acceptors (Lipinski definition) is 3. The Bertz CT molecular complexity index is 574. The van der Waals surface area contributed by atoms with E-state index in [0.29, 0.717) is 28.2 Å². The minimum absolute atomic E-state index is 0.304. The van der Waals surface area contributed by atoms with Crippen molar-refractivity contribution >= 4 is 11.4 Å². The molecule has 6 heteroatoms. The first kappa shape index (κ1) is 13.6. The van der Waals surface area contributed by atoms with Gasteiger partial charge in [0.15, 0.2) is 5.78 Å². The van der Waals surface area contributed by atoms with Gasteiger partial charge in [0.1, 0.15) is 11.7 Å². The van der Waals surface area contributed by atoms with Crippen LogP contribution in [0, 0.1) is 25.8 Å². The standard InChI is InChI=1S/C13H11F3NO2/c1-6-4-11(18)10(13(14,15)16)5-9(6)12-7(2)17-19-8(12)3/h5,10H,1-3H3. The number of hydrogen-bond donors (Lipinski definition) is 0. The fraction of sp³-hybridized carbons (Fsp3) is 0.385. The van der Waals surface area contributed by atoms with Crippen LogP contribution in [0.5, 0.6) is 0 Å². The molecule has 1 aromatic rings. The van der Waals surface area contributed by atoms with Crippen LogP contribution >= 0.6 is 0 Å². The zero-order valence-electron chi connectivity index (χ0n) is 10.6. The number of rotatable bonds is 1. The molecule has 19 heavy (non-hydrogen) atoms. The Balaban J connectivity index is 2.56. The first-order valence-electron chi connectivity index (χ1n) is 5.58. The molecule has 1 unspecified atom stereocenters. The first-order chi connectivity index (χ1) is 8.71. The second kappa shape index (κ2) is 4.36. The van der Waals surface area contributed by atoms with E-state index in [1.54, 1.807) is 20.8 Å². The number of Topliss-reactive ketones (excluding diaryl/α,β-unsaturated/α-hetero) is 1. The average molecular weight is 270 g/mol. The van der Waals surface area contributed by atoms with Crippen LogP contribution in [0.2, 0.25) is 0 Å². The van der Waals surface area contributed by atoms with Crippen molar-refractivity contribution in [3.05, 3.63) is 34.7 Å². The lowest BCUT2D eigenvalue weighted by molar-refractivity contribution is -0.168. The Hall–Kier alpha value is -1.85. The number of carbonyl (C=O) groups is 1. The molecule has 0 aromatic carbocycles. The van der Waals surface area contributed by atoms with E-state index in [2.05, 4.69) is 11.2 Å². The zero-order chi connectivity index (χ0) is 14.4. The summed E-state index contributed by atoms with van der Waals surface area (Å²) in [4.78, 5) is 11.4. The summed E-state index contributed by atoms with van der Waals surface area (Å²) in [5, 5.41) is 3.71. The molecule has 1 aliphatic carbocycles. The second-order valence-electron chi connectivity index (χ2n) is 4.41. The predicted molar refractivity (Wildman–Crippen MR) is 60.9 cm³/mol. The fourth-order valence-electron chi connectivity index (χ4n) is 2.08. The predicted octanol–water partition coefficient (Wildman–Crippen LogP) is 3.19. The third-order valence-corrected chi connectivity index (χ3v) is 2.99. The van der Waals surface area contributed by atoms with Crippen LogP contribution in [0.4, 0.5) is 13.2 Å². The summed E-state index contributed by atoms with van der Waals surface area (Å²) in [5.74, 6) is -2.81. The highest BCUT2D eigenvalue weighted by Gasteiger charge is 2.44. The van der Waals surface area contributed by atoms with Gasteiger partial charge in [-0.25, -0.2) is 0 Å². The van der Waals surface area contributed by atoms with E-state index in [1.807, 2.05) is 0 Å². The molecule has 1 aliphatic rings. The average Bonchev–Trinajstić information content (AvgIpc) is 2.58. The lowest BCUT2D eigenvalue weighted by atomic mass is 9.85. The lowest BCUT2D eigenvalue weighted by Gasteiger charge is -2.20. The molecule has 2 rings (SSSR count). The van der Waals surface area contributed by atoms with Crippen molar-refractivity contribution in [2.24, 2.45) is 5.92 Å². The molecule has 1 aromatic heterocycles. The summed E-state index contributed by atoms with van der Waals surface area (Å²) in [7, 11) is 0. The van der Waals surface area contributed by atoms with Crippen molar-refractivity contribution in [1.29, 1.82) is 0 Å². The molecule has 0 aliphatic heterocycles. The SMILES string of the molecule is CC1=[C]C(=O)C(C(F)(F)F)C=C1c1c(C)noc1C. The maximum Gasteiger partial charge on any atom is 0.402 e. The van der Waals surface area contributed by atoms with E-state index in [4.69, 9.17) is 4.52 Å². The summed E-state index contributed by atoms with van der Waals surface area (Å²) in [6.45, 7) is 4.80. The van der Waals surface area contributed by atoms with Crippen LogP contribution in [0.1, 0.15) is 23.9 Å². The molecular weight excluding hydrogens is 259 g/mol. The molecule has 0 spiro atoms. The molecule has 3 nitrogen and oxygen atoms in total. The Morgan fingerprint density at radius 2 is 1.95 bits per heavy atom. The smallest absolute Gasteiger partial charge is 0.361 e. The molecule has 0 saturated carbocycles. The first-order valence-corrected chi connectivity index (χ1v) is 5.58. The highest BCUT2D eigenvalue weighted by Crippen LogP contribution is 2.38. The summed E-state index contributed by atoms with van der Waals surface area (Å²) < 4.78 is 43.3. The Kier molecular flexibility index (Phi) is 3.12. The molecule has 1 radical (unpaired) electrons. The number of carbonyl (C=O) groups excluding carboxylic acids is 1. The number of halogens is 3. The van der Waals surface area contributed by atoms with E-state index in [-0.39, 0.29) is 0 Å². The van der Waals surface area contributed by atoms with Gasteiger partial charge in [-0.15, -0.1) is 0 Å². The number of aromatic nitrogens is 1. The molecule has 0 amide bonds. The van der Waals surface area contributed by atoms with Crippen LogP contribution in [-0.4, -0.2) is 17.1 Å². The lowest BCUT2D eigenvalue weighted by Crippen LogP contribution is -2.30. The zero-order valence-corrected chi connectivity index (χ0v) is 10.6. The summed E-state index contributed by atoms with van der Waals surface area (Å²) in [5.41, 5.74) is 1.64. The van der Waals surface area contributed by atoms with Crippen molar-refractivity contribution in [2.45, 2.75) is 26.9 Å². The minimum Gasteiger partial charge on any atom is -0.361 e. The third kappa shape index (κ3) is 2.34. The normalized spacial score (nSPS) is 20.3. The molecule has 0 bridgehead atoms. The molecule has 0 N–H and O–H groups in total. The van der Waals surface area contributed by atoms with Gasteiger partial charge in [0.2, 0.25) is 0 Å². The summed E-state index contributed by atoms with van der Waals surface area (Å²) in [6, 6.07) is 0. The maximum atomic E-state index is 12.8. The number of alkyl halides is 3. The van der Waals surface area contributed by atoms with Crippen LogP contribution in [0.3, 0.4) is 0 Å². The fourth-order valence-corrected chi connectivity index (χ4v) is 2.08. The summed E-state index contributed by atoms with van der Waals surface area (Å²) >= 11 is 0. The van der Waals surface area contributed by atoms with Gasteiger partial charge in [0.25, 0.3) is 0 Å². The highest BCUT2D eigenvalue weighted by molar-refractivity contribution is 5.99. The van der Waals surface area contributed by atoms with Crippen molar-refractivity contribution in [3.8, 4) is 0 Å². The van der Waals surface area contributed by atoms with Gasteiger partial charge in [0.05, 0.1) is 5.69 Å². The van der Waals surface area contributed by atoms with Gasteiger partial charge in [-0.05, 0) is 31.9 Å². The number of aryl methyl sites for hydroxylation is 2. The van der Waals surface area contributed by atoms with Gasteiger partial charge in [-0.3, -0.25) is 4.79 Å². The van der Waals surface area contributed by atoms with Crippen LogP contribution < -0.4 is 0 Å². The van der Waals surface area contributed by atoms with Crippen molar-refractivity contribution in [3.63, 3.8) is 0 Å². The molecular formula is C13H11F3NO2. The minimum atomic E-state index is -4.62. The van der Waals surface area contributed by atoms with E-state index in [1.165, 1.54) is 0 Å². The van der Waals surface area contributed by atoms with Crippen LogP contribution in [-0.2, 0) is 4.79 Å². The summed E-state index contributed by atoms with van der Waals surface area (Å²) in [6.07, 6.45) is -1.45. The van der Waals surface area contributed by atoms with E-state index < -0.39 is 17.9 Å². The van der Waals surface area contributed by atoms with E-state index in [0.717, 1.165) is 6.08 Å². The molecule has 101 valence electrons. The molecule has 1 atom stereocenters. The topological polar surface area (TPSA) is 43.1 Å². The highest BCUT2D eigenvalue weighted by atomic mass is 19.4. The quantitative estimate of drug-likeness (QED) is 0.787. The van der Waals surface area contributed by atoms with Gasteiger partial charge < -0.3 is 4.52 Å². The Morgan fingerprint density at radius 1 is 1.32 bits per heavy atom. The Morgan fingerprint density at radius 3 is 2.42 bits per heavy atom. The van der Waals surface area contributed by atoms with Gasteiger partial charge in [-0.1, -0.05) is 11.2 Å². The molecule has 1 heterocycles. The largest absolute Gasteiger partial charge is 0.402 e. The van der Waals surface area contributed by atoms with Crippen molar-refractivity contribution < 1.29 is 22.5 Å². The maximum absolute atomic E-state index is 12.8.